The molecule has 4 aromatic rings. The molecule has 0 unspecified atom stereocenters. The van der Waals surface area contributed by atoms with Crippen molar-refractivity contribution in [1.29, 1.82) is 0 Å². The van der Waals surface area contributed by atoms with E-state index in [2.05, 4.69) is 71.0 Å². The number of para-hydroxylation sites is 1. The molecule has 8 heteroatoms. The predicted octanol–water partition coefficient (Wildman–Crippen LogP) is 5.55. The third kappa shape index (κ3) is 4.03. The molecule has 5 rings (SSSR count). The highest BCUT2D eigenvalue weighted by Crippen LogP contribution is 2.46. The van der Waals surface area contributed by atoms with Gasteiger partial charge in [0.1, 0.15) is 4.70 Å². The molecule has 0 fully saturated rings. The monoisotopic (exact) mass is 483 g/mol. The molecule has 2 heterocycles. The number of benzene rings is 3. The second-order valence-electron chi connectivity index (χ2n) is 7.66. The van der Waals surface area contributed by atoms with Crippen LogP contribution in [0.25, 0.3) is 27.1 Å². The first-order valence-corrected chi connectivity index (χ1v) is 13.7. The minimum Gasteiger partial charge on any atom is -0.335 e. The van der Waals surface area contributed by atoms with Crippen molar-refractivity contribution in [3.8, 4) is 0 Å². The summed E-state index contributed by atoms with van der Waals surface area (Å²) in [6.45, 7) is 3.53. The Morgan fingerprint density at radius 2 is 1.84 bits per heavy atom. The zero-order valence-electron chi connectivity index (χ0n) is 17.6. The van der Waals surface area contributed by atoms with E-state index in [0.717, 1.165) is 37.6 Å². The topological polar surface area (TPSA) is 61.5 Å². The van der Waals surface area contributed by atoms with E-state index in [9.17, 15) is 13.0 Å². The fourth-order valence-electron chi connectivity index (χ4n) is 4.20. The number of fused-ring (bicyclic) bond motifs is 4. The fourth-order valence-corrected chi connectivity index (χ4v) is 7.07. The highest BCUT2D eigenvalue weighted by atomic mass is 32.2. The molecule has 1 aliphatic rings. The van der Waals surface area contributed by atoms with Crippen LogP contribution in [0.3, 0.4) is 0 Å². The molecule has 164 valence electrons. The van der Waals surface area contributed by atoms with E-state index in [1.807, 2.05) is 12.1 Å². The quantitative estimate of drug-likeness (QED) is 0.288. The number of hydrogen-bond donors (Lipinski definition) is 1. The van der Waals surface area contributed by atoms with Crippen LogP contribution < -0.4 is 9.47 Å². The van der Waals surface area contributed by atoms with Gasteiger partial charge in [-0.1, -0.05) is 59.5 Å². The summed E-state index contributed by atoms with van der Waals surface area (Å²) in [7, 11) is -4.00. The first kappa shape index (κ1) is 21.5. The minimum absolute atomic E-state index is 0.251. The summed E-state index contributed by atoms with van der Waals surface area (Å²) >= 11 is 3.47. The number of hydrogen-bond acceptors (Lipinski definition) is 5. The van der Waals surface area contributed by atoms with E-state index in [4.69, 9.17) is 0 Å². The first-order valence-electron chi connectivity index (χ1n) is 10.5. The van der Waals surface area contributed by atoms with Crippen molar-refractivity contribution in [1.82, 2.24) is 0 Å². The molecule has 32 heavy (non-hydrogen) atoms. The SMILES string of the molecule is CCN1/C(=C\c2sc3ccc4ccccc4c3[n+]2CCCS(=O)(=O)O)Sc2ccccc21. The van der Waals surface area contributed by atoms with E-state index in [1.165, 1.54) is 10.6 Å². The maximum absolute atomic E-state index is 11.3. The van der Waals surface area contributed by atoms with Crippen LogP contribution in [0, 0.1) is 0 Å². The summed E-state index contributed by atoms with van der Waals surface area (Å²) in [6.07, 6.45) is 2.56. The number of thiazole rings is 1. The van der Waals surface area contributed by atoms with Crippen molar-refractivity contribution in [3.05, 3.63) is 70.7 Å². The molecule has 0 bridgehead atoms. The number of nitrogens with zero attached hydrogens (tertiary/aromatic N) is 2. The van der Waals surface area contributed by atoms with Crippen LogP contribution in [-0.2, 0) is 16.7 Å². The number of aromatic nitrogens is 1. The second-order valence-corrected chi connectivity index (χ2v) is 11.4. The van der Waals surface area contributed by atoms with Crippen molar-refractivity contribution in [3.63, 3.8) is 0 Å². The van der Waals surface area contributed by atoms with Crippen molar-refractivity contribution in [2.75, 3.05) is 17.2 Å². The van der Waals surface area contributed by atoms with Crippen LogP contribution >= 0.6 is 23.1 Å². The summed E-state index contributed by atoms with van der Waals surface area (Å²) in [5, 5.41) is 4.53. The molecule has 5 nitrogen and oxygen atoms in total. The van der Waals surface area contributed by atoms with Gasteiger partial charge in [0.15, 0.2) is 6.54 Å². The van der Waals surface area contributed by atoms with Gasteiger partial charge in [0.05, 0.1) is 27.9 Å². The van der Waals surface area contributed by atoms with Gasteiger partial charge in [0.2, 0.25) is 5.52 Å². The minimum atomic E-state index is -4.00. The van der Waals surface area contributed by atoms with Gasteiger partial charge in [-0.3, -0.25) is 4.55 Å². The molecule has 0 aliphatic carbocycles. The fraction of sp³-hybridized carbons (Fsp3) is 0.208. The zero-order chi connectivity index (χ0) is 22.3. The molecule has 0 atom stereocenters. The lowest BCUT2D eigenvalue weighted by molar-refractivity contribution is -0.667. The van der Waals surface area contributed by atoms with Crippen LogP contribution in [0.4, 0.5) is 5.69 Å². The van der Waals surface area contributed by atoms with Gasteiger partial charge < -0.3 is 4.90 Å². The van der Waals surface area contributed by atoms with Gasteiger partial charge in [-0.15, -0.1) is 0 Å². The van der Waals surface area contributed by atoms with Crippen molar-refractivity contribution < 1.29 is 17.5 Å². The average Bonchev–Trinajstić information content (AvgIpc) is 3.30. The van der Waals surface area contributed by atoms with Gasteiger partial charge >= 0.3 is 0 Å². The molecule has 0 radical (unpaired) electrons. The molecule has 0 saturated carbocycles. The van der Waals surface area contributed by atoms with Crippen LogP contribution in [0.15, 0.2) is 70.6 Å². The van der Waals surface area contributed by atoms with Gasteiger partial charge in [-0.25, -0.2) is 0 Å². The summed E-state index contributed by atoms with van der Waals surface area (Å²) in [4.78, 5) is 3.55. The molecular formula is C24H23N2O3S3+. The van der Waals surface area contributed by atoms with E-state index in [1.54, 1.807) is 23.1 Å². The summed E-state index contributed by atoms with van der Waals surface area (Å²) in [6, 6.07) is 20.9. The summed E-state index contributed by atoms with van der Waals surface area (Å²) in [5.74, 6) is -0.251. The highest BCUT2D eigenvalue weighted by Gasteiger charge is 2.27. The lowest BCUT2D eigenvalue weighted by Gasteiger charge is -2.17. The van der Waals surface area contributed by atoms with Gasteiger partial charge in [0.25, 0.3) is 15.1 Å². The predicted molar refractivity (Wildman–Crippen MR) is 134 cm³/mol. The Labute approximate surface area is 195 Å². The second kappa shape index (κ2) is 8.51. The van der Waals surface area contributed by atoms with Gasteiger partial charge in [-0.05, 0) is 36.6 Å². The number of thioether (sulfide) groups is 1. The average molecular weight is 484 g/mol. The van der Waals surface area contributed by atoms with E-state index in [0.29, 0.717) is 13.0 Å². The molecule has 3 aromatic carbocycles. The van der Waals surface area contributed by atoms with E-state index < -0.39 is 10.1 Å². The lowest BCUT2D eigenvalue weighted by atomic mass is 10.1. The van der Waals surface area contributed by atoms with Crippen LogP contribution in [0.2, 0.25) is 0 Å². The van der Waals surface area contributed by atoms with Gasteiger partial charge in [0, 0.05) is 17.9 Å². The van der Waals surface area contributed by atoms with Crippen LogP contribution in [0.5, 0.6) is 0 Å². The first-order chi connectivity index (χ1) is 15.4. The maximum atomic E-state index is 11.3. The van der Waals surface area contributed by atoms with Gasteiger partial charge in [-0.2, -0.15) is 13.0 Å². The Morgan fingerprint density at radius 3 is 2.66 bits per heavy atom. The Kier molecular flexibility index (Phi) is 5.71. The maximum Gasteiger partial charge on any atom is 0.265 e. The third-order valence-corrected chi connectivity index (χ3v) is 8.61. The number of anilines is 1. The summed E-state index contributed by atoms with van der Waals surface area (Å²) < 4.78 is 35.3. The van der Waals surface area contributed by atoms with Crippen molar-refractivity contribution in [2.45, 2.75) is 24.8 Å². The Hall–Kier alpha value is -2.39. The Balaban J connectivity index is 1.65. The van der Waals surface area contributed by atoms with Crippen molar-refractivity contribution >= 4 is 66.0 Å². The molecule has 1 aliphatic heterocycles. The molecular weight excluding hydrogens is 460 g/mol. The molecule has 0 saturated heterocycles. The Morgan fingerprint density at radius 1 is 1.06 bits per heavy atom. The molecule has 1 N–H and O–H groups in total. The lowest BCUT2D eigenvalue weighted by Crippen LogP contribution is -2.36. The Bertz CT molecular complexity index is 1460. The summed E-state index contributed by atoms with van der Waals surface area (Å²) in [5.41, 5.74) is 2.33. The standard InChI is InChI=1S/C24H22N2O3S3/c1-2-25-19-10-5-6-11-20(19)30-22(25)16-23-26(14-7-15-32(27,28)29)24-18-9-4-3-8-17(18)12-13-21(24)31-23/h3-6,8-13,16H,2,7,14-15H2,1H3/p+1. The number of rotatable bonds is 6. The smallest absolute Gasteiger partial charge is 0.265 e. The van der Waals surface area contributed by atoms with E-state index >= 15 is 0 Å². The zero-order valence-corrected chi connectivity index (χ0v) is 20.0. The molecule has 0 amide bonds. The largest absolute Gasteiger partial charge is 0.335 e. The van der Waals surface area contributed by atoms with E-state index in [-0.39, 0.29) is 5.75 Å². The number of aryl methyl sites for hydroxylation is 1. The highest BCUT2D eigenvalue weighted by molar-refractivity contribution is 8.03. The van der Waals surface area contributed by atoms with Crippen LogP contribution in [-0.4, -0.2) is 25.3 Å². The van der Waals surface area contributed by atoms with Crippen molar-refractivity contribution in [2.24, 2.45) is 0 Å². The van der Waals surface area contributed by atoms with Crippen LogP contribution in [0.1, 0.15) is 18.4 Å². The molecule has 0 spiro atoms. The molecule has 1 aromatic heterocycles. The third-order valence-electron chi connectivity index (χ3n) is 5.60. The normalized spacial score (nSPS) is 15.2.